The molecule has 0 saturated carbocycles. The van der Waals surface area contributed by atoms with Crippen LogP contribution in [-0.4, -0.2) is 56.4 Å². The predicted molar refractivity (Wildman–Crippen MR) is 124 cm³/mol. The molecule has 2 N–H and O–H groups in total. The number of amides is 1. The lowest BCUT2D eigenvalue weighted by atomic mass is 10.1. The second-order valence-corrected chi connectivity index (χ2v) is 9.27. The largest absolute Gasteiger partial charge is 0.493 e. The highest BCUT2D eigenvalue weighted by atomic mass is 32.2. The number of carboxylic acids is 1. The average molecular weight is 489 g/mol. The second kappa shape index (κ2) is 9.43. The summed E-state index contributed by atoms with van der Waals surface area (Å²) < 4.78 is 38.9. The molecule has 0 aliphatic rings. The van der Waals surface area contributed by atoms with Crippen molar-refractivity contribution in [3.63, 3.8) is 0 Å². The molecule has 34 heavy (non-hydrogen) atoms. The number of sulfonamides is 1. The first-order valence-corrected chi connectivity index (χ1v) is 11.3. The molecular weight excluding hydrogens is 464 g/mol. The fourth-order valence-electron chi connectivity index (χ4n) is 3.30. The molecule has 2 aromatic carbocycles. The van der Waals surface area contributed by atoms with Gasteiger partial charge in [-0.15, -0.1) is 0 Å². The van der Waals surface area contributed by atoms with Gasteiger partial charge in [0.2, 0.25) is 0 Å². The van der Waals surface area contributed by atoms with Gasteiger partial charge in [0.05, 0.1) is 36.6 Å². The van der Waals surface area contributed by atoms with Gasteiger partial charge in [0, 0.05) is 26.2 Å². The van der Waals surface area contributed by atoms with E-state index >= 15 is 0 Å². The molecule has 180 valence electrons. The third kappa shape index (κ3) is 4.53. The number of methoxy groups -OCH3 is 2. The molecule has 12 heteroatoms. The van der Waals surface area contributed by atoms with E-state index in [0.29, 0.717) is 0 Å². The molecule has 0 aliphatic heterocycles. The van der Waals surface area contributed by atoms with Gasteiger partial charge in [0.15, 0.2) is 17.3 Å². The van der Waals surface area contributed by atoms with Crippen molar-refractivity contribution in [1.29, 1.82) is 0 Å². The molecular formula is C22H24N4O7S. The summed E-state index contributed by atoms with van der Waals surface area (Å²) in [6.07, 6.45) is 1.20. The number of ether oxygens (including phenoxy) is 2. The van der Waals surface area contributed by atoms with Crippen LogP contribution in [0.2, 0.25) is 0 Å². The molecule has 1 amide bonds. The number of aromatic nitrogens is 2. The van der Waals surface area contributed by atoms with Gasteiger partial charge in [0.25, 0.3) is 15.9 Å². The topological polar surface area (TPSA) is 140 Å². The fourth-order valence-corrected chi connectivity index (χ4v) is 4.54. The van der Waals surface area contributed by atoms with Crippen molar-refractivity contribution in [2.75, 3.05) is 30.9 Å². The fraction of sp³-hybridized carbons (Fsp3) is 0.227. The maximum atomic E-state index is 13.2. The van der Waals surface area contributed by atoms with Crippen LogP contribution in [0.15, 0.2) is 47.5 Å². The Labute approximate surface area is 196 Å². The SMILES string of the molecule is COc1cc(NC(=O)c2cnn(C)c2N(C)S(=O)(=O)c2ccc(C)cc2)c(C(=O)O)cc1OC. The number of nitrogens with zero attached hydrogens (tertiary/aromatic N) is 3. The van der Waals surface area contributed by atoms with Crippen molar-refractivity contribution >= 4 is 33.4 Å². The van der Waals surface area contributed by atoms with E-state index in [4.69, 9.17) is 9.47 Å². The normalized spacial score (nSPS) is 11.1. The second-order valence-electron chi connectivity index (χ2n) is 7.30. The number of aromatic carboxylic acids is 1. The summed E-state index contributed by atoms with van der Waals surface area (Å²) in [4.78, 5) is 24.9. The van der Waals surface area contributed by atoms with Crippen molar-refractivity contribution < 1.29 is 32.6 Å². The first-order chi connectivity index (χ1) is 16.0. The van der Waals surface area contributed by atoms with Gasteiger partial charge in [-0.3, -0.25) is 13.8 Å². The lowest BCUT2D eigenvalue weighted by Crippen LogP contribution is -2.30. The van der Waals surface area contributed by atoms with E-state index < -0.39 is 21.9 Å². The number of hydrogen-bond donors (Lipinski definition) is 2. The summed E-state index contributed by atoms with van der Waals surface area (Å²) in [5.41, 5.74) is 0.518. The predicted octanol–water partition coefficient (Wildman–Crippen LogP) is 2.52. The molecule has 3 aromatic rings. The molecule has 0 aliphatic carbocycles. The number of hydrogen-bond acceptors (Lipinski definition) is 7. The number of carboxylic acid groups (broad SMARTS) is 1. The lowest BCUT2D eigenvalue weighted by molar-refractivity contribution is 0.0697. The molecule has 1 aromatic heterocycles. The zero-order valence-electron chi connectivity index (χ0n) is 19.2. The highest BCUT2D eigenvalue weighted by molar-refractivity contribution is 7.92. The summed E-state index contributed by atoms with van der Waals surface area (Å²) in [6.45, 7) is 1.84. The summed E-state index contributed by atoms with van der Waals surface area (Å²) >= 11 is 0. The zero-order valence-corrected chi connectivity index (χ0v) is 20.0. The molecule has 3 rings (SSSR count). The Balaban J connectivity index is 2.02. The average Bonchev–Trinajstić information content (AvgIpc) is 3.19. The first-order valence-electron chi connectivity index (χ1n) is 9.89. The van der Waals surface area contributed by atoms with Crippen molar-refractivity contribution in [2.45, 2.75) is 11.8 Å². The van der Waals surface area contributed by atoms with Crippen LogP contribution in [0.4, 0.5) is 11.5 Å². The van der Waals surface area contributed by atoms with E-state index in [9.17, 15) is 23.1 Å². The minimum absolute atomic E-state index is 0.00423. The van der Waals surface area contributed by atoms with Crippen LogP contribution in [0.1, 0.15) is 26.3 Å². The van der Waals surface area contributed by atoms with Crippen LogP contribution in [-0.2, 0) is 17.1 Å². The van der Waals surface area contributed by atoms with Crippen molar-refractivity contribution in [2.24, 2.45) is 7.05 Å². The van der Waals surface area contributed by atoms with E-state index in [0.717, 1.165) is 9.87 Å². The van der Waals surface area contributed by atoms with E-state index in [1.165, 1.54) is 63.5 Å². The Morgan fingerprint density at radius 3 is 2.21 bits per heavy atom. The number of rotatable bonds is 8. The number of nitrogens with one attached hydrogen (secondary N) is 1. The molecule has 0 bridgehead atoms. The summed E-state index contributed by atoms with van der Waals surface area (Å²) in [5.74, 6) is -1.70. The van der Waals surface area contributed by atoms with E-state index in [2.05, 4.69) is 10.4 Å². The van der Waals surface area contributed by atoms with Gasteiger partial charge in [-0.2, -0.15) is 5.10 Å². The van der Waals surface area contributed by atoms with Crippen molar-refractivity contribution in [3.05, 3.63) is 59.3 Å². The van der Waals surface area contributed by atoms with E-state index in [1.807, 2.05) is 6.92 Å². The van der Waals surface area contributed by atoms with Gasteiger partial charge in [-0.25, -0.2) is 13.2 Å². The van der Waals surface area contributed by atoms with Gasteiger partial charge in [0.1, 0.15) is 5.56 Å². The monoisotopic (exact) mass is 488 g/mol. The Hall–Kier alpha value is -4.06. The van der Waals surface area contributed by atoms with Gasteiger partial charge < -0.3 is 19.9 Å². The zero-order chi connectivity index (χ0) is 25.2. The number of carbonyl (C=O) groups excluding carboxylic acids is 1. The smallest absolute Gasteiger partial charge is 0.337 e. The maximum Gasteiger partial charge on any atom is 0.337 e. The summed E-state index contributed by atoms with van der Waals surface area (Å²) in [5, 5.41) is 16.1. The number of benzene rings is 2. The van der Waals surface area contributed by atoms with Crippen LogP contribution in [0.3, 0.4) is 0 Å². The first kappa shape index (κ1) is 24.6. The number of carbonyl (C=O) groups is 2. The molecule has 0 unspecified atom stereocenters. The summed E-state index contributed by atoms with van der Waals surface area (Å²) in [7, 11) is 1.51. The third-order valence-electron chi connectivity index (χ3n) is 5.13. The molecule has 11 nitrogen and oxygen atoms in total. The Kier molecular flexibility index (Phi) is 6.82. The van der Waals surface area contributed by atoms with Gasteiger partial charge in [-0.05, 0) is 19.1 Å². The van der Waals surface area contributed by atoms with Crippen molar-refractivity contribution in [3.8, 4) is 11.5 Å². The summed E-state index contributed by atoms with van der Waals surface area (Å²) in [6, 6.07) is 8.81. The number of aryl methyl sites for hydroxylation is 2. The lowest BCUT2D eigenvalue weighted by Gasteiger charge is -2.21. The molecule has 0 fully saturated rings. The van der Waals surface area contributed by atoms with Crippen LogP contribution in [0, 0.1) is 6.92 Å². The van der Waals surface area contributed by atoms with Crippen LogP contribution in [0.5, 0.6) is 11.5 Å². The quantitative estimate of drug-likeness (QED) is 0.493. The molecule has 0 spiro atoms. The Morgan fingerprint density at radius 1 is 1.06 bits per heavy atom. The minimum atomic E-state index is -4.01. The highest BCUT2D eigenvalue weighted by Gasteiger charge is 2.29. The number of anilines is 2. The Morgan fingerprint density at radius 2 is 1.65 bits per heavy atom. The van der Waals surface area contributed by atoms with Gasteiger partial charge >= 0.3 is 5.97 Å². The molecule has 0 atom stereocenters. The standard InChI is InChI=1S/C22H24N4O7S/c1-13-6-8-14(9-7-13)34(30,31)26(3)21-16(12-23-25(21)2)20(27)24-17-11-19(33-5)18(32-4)10-15(17)22(28)29/h6-12H,1-5H3,(H,24,27)(H,28,29). The third-order valence-corrected chi connectivity index (χ3v) is 6.89. The minimum Gasteiger partial charge on any atom is -0.493 e. The van der Waals surface area contributed by atoms with Crippen LogP contribution >= 0.6 is 0 Å². The Bertz CT molecular complexity index is 1350. The molecule has 1 heterocycles. The van der Waals surface area contributed by atoms with E-state index in [1.54, 1.807) is 12.1 Å². The maximum absolute atomic E-state index is 13.2. The van der Waals surface area contributed by atoms with Gasteiger partial charge in [-0.1, -0.05) is 17.7 Å². The van der Waals surface area contributed by atoms with Crippen LogP contribution in [0.25, 0.3) is 0 Å². The molecule has 0 radical (unpaired) electrons. The highest BCUT2D eigenvalue weighted by Crippen LogP contribution is 2.34. The van der Waals surface area contributed by atoms with Crippen molar-refractivity contribution in [1.82, 2.24) is 9.78 Å². The molecule has 0 saturated heterocycles. The van der Waals surface area contributed by atoms with Crippen LogP contribution < -0.4 is 19.1 Å². The van der Waals surface area contributed by atoms with E-state index in [-0.39, 0.29) is 39.0 Å².